The Morgan fingerprint density at radius 1 is 1.38 bits per heavy atom. The minimum absolute atomic E-state index is 0.167. The van der Waals surface area contributed by atoms with E-state index in [1.165, 1.54) is 11.3 Å². The summed E-state index contributed by atoms with van der Waals surface area (Å²) in [6.07, 6.45) is 0. The van der Waals surface area contributed by atoms with Crippen LogP contribution in [0.1, 0.15) is 9.88 Å². The minimum Gasteiger partial charge on any atom is -0.241 e. The van der Waals surface area contributed by atoms with Crippen LogP contribution in [0.25, 0.3) is 11.3 Å². The first-order chi connectivity index (χ1) is 7.61. The summed E-state index contributed by atoms with van der Waals surface area (Å²) in [5.74, 6) is -0.725. The fraction of sp³-hybridized carbons (Fsp3) is 0.182. The predicted octanol–water partition coefficient (Wildman–Crippen LogP) is 4.14. The third kappa shape index (κ3) is 2.08. The zero-order valence-corrected chi connectivity index (χ0v) is 10.0. The monoisotopic (exact) mass is 259 g/mol. The summed E-state index contributed by atoms with van der Waals surface area (Å²) in [7, 11) is 0. The topological polar surface area (TPSA) is 12.9 Å². The first-order valence-corrected chi connectivity index (χ1v) is 5.94. The van der Waals surface area contributed by atoms with E-state index in [1.54, 1.807) is 6.92 Å². The quantitative estimate of drug-likeness (QED) is 0.739. The zero-order chi connectivity index (χ0) is 11.7. The molecule has 1 aromatic heterocycles. The predicted molar refractivity (Wildman–Crippen MR) is 61.8 cm³/mol. The fourth-order valence-electron chi connectivity index (χ4n) is 1.45. The standard InChI is InChI=1S/C11H8ClF2NS/c1-6-15-11(10(5-12)16-6)8-4-7(13)2-3-9(8)14/h2-4H,5H2,1H3. The van der Waals surface area contributed by atoms with Gasteiger partial charge in [0.1, 0.15) is 11.6 Å². The number of hydrogen-bond donors (Lipinski definition) is 0. The van der Waals surface area contributed by atoms with Crippen LogP contribution in [-0.2, 0) is 5.88 Å². The lowest BCUT2D eigenvalue weighted by Gasteiger charge is -2.01. The van der Waals surface area contributed by atoms with Crippen LogP contribution in [0.2, 0.25) is 0 Å². The summed E-state index contributed by atoms with van der Waals surface area (Å²) >= 11 is 7.13. The van der Waals surface area contributed by atoms with E-state index in [0.717, 1.165) is 28.1 Å². The number of benzene rings is 1. The Kier molecular flexibility index (Phi) is 3.21. The van der Waals surface area contributed by atoms with E-state index in [-0.39, 0.29) is 11.4 Å². The molecule has 0 fully saturated rings. The first kappa shape index (κ1) is 11.5. The Morgan fingerprint density at radius 3 is 2.81 bits per heavy atom. The van der Waals surface area contributed by atoms with Crippen LogP contribution < -0.4 is 0 Å². The van der Waals surface area contributed by atoms with Crippen molar-refractivity contribution in [2.75, 3.05) is 0 Å². The highest BCUT2D eigenvalue weighted by atomic mass is 35.5. The molecule has 0 radical (unpaired) electrons. The Balaban J connectivity index is 2.61. The van der Waals surface area contributed by atoms with Gasteiger partial charge in [-0.3, -0.25) is 0 Å². The molecule has 0 saturated heterocycles. The smallest absolute Gasteiger partial charge is 0.132 e. The highest BCUT2D eigenvalue weighted by molar-refractivity contribution is 7.12. The molecule has 1 heterocycles. The SMILES string of the molecule is Cc1nc(-c2cc(F)ccc2F)c(CCl)s1. The van der Waals surface area contributed by atoms with Crippen LogP contribution in [0.15, 0.2) is 18.2 Å². The van der Waals surface area contributed by atoms with Gasteiger partial charge >= 0.3 is 0 Å². The maximum absolute atomic E-state index is 13.5. The molecule has 84 valence electrons. The molecule has 0 aliphatic rings. The van der Waals surface area contributed by atoms with Crippen LogP contribution in [0, 0.1) is 18.6 Å². The van der Waals surface area contributed by atoms with Crippen LogP contribution in [0.5, 0.6) is 0 Å². The van der Waals surface area contributed by atoms with Crippen LogP contribution in [0.4, 0.5) is 8.78 Å². The summed E-state index contributed by atoms with van der Waals surface area (Å²) in [4.78, 5) is 4.93. The largest absolute Gasteiger partial charge is 0.241 e. The van der Waals surface area contributed by atoms with Gasteiger partial charge in [-0.2, -0.15) is 0 Å². The van der Waals surface area contributed by atoms with E-state index in [2.05, 4.69) is 4.98 Å². The molecule has 0 amide bonds. The van der Waals surface area contributed by atoms with E-state index < -0.39 is 11.6 Å². The zero-order valence-electron chi connectivity index (χ0n) is 8.43. The minimum atomic E-state index is -0.488. The molecule has 2 aromatic rings. The maximum Gasteiger partial charge on any atom is 0.132 e. The van der Waals surface area contributed by atoms with Gasteiger partial charge in [-0.05, 0) is 25.1 Å². The number of hydrogen-bond acceptors (Lipinski definition) is 2. The Labute approximate surface area is 101 Å². The molecular formula is C11H8ClF2NS. The van der Waals surface area contributed by atoms with Gasteiger partial charge in [0.25, 0.3) is 0 Å². The summed E-state index contributed by atoms with van der Waals surface area (Å²) in [6, 6.07) is 3.32. The Morgan fingerprint density at radius 2 is 2.12 bits per heavy atom. The molecular weight excluding hydrogens is 252 g/mol. The Bertz CT molecular complexity index is 525. The molecule has 2 rings (SSSR count). The lowest BCUT2D eigenvalue weighted by atomic mass is 10.1. The van der Waals surface area contributed by atoms with Gasteiger partial charge in [0.15, 0.2) is 0 Å². The lowest BCUT2D eigenvalue weighted by molar-refractivity contribution is 0.602. The van der Waals surface area contributed by atoms with Crippen LogP contribution in [-0.4, -0.2) is 4.98 Å². The van der Waals surface area contributed by atoms with Crippen molar-refractivity contribution in [3.63, 3.8) is 0 Å². The highest BCUT2D eigenvalue weighted by Gasteiger charge is 2.14. The van der Waals surface area contributed by atoms with Gasteiger partial charge in [-0.25, -0.2) is 13.8 Å². The number of halogens is 3. The van der Waals surface area contributed by atoms with Gasteiger partial charge in [-0.1, -0.05) is 0 Å². The molecule has 0 bridgehead atoms. The van der Waals surface area contributed by atoms with Gasteiger partial charge in [0.05, 0.1) is 16.6 Å². The number of aromatic nitrogens is 1. The summed E-state index contributed by atoms with van der Waals surface area (Å²) in [5, 5.41) is 0.786. The van der Waals surface area contributed by atoms with Crippen molar-refractivity contribution in [3.8, 4) is 11.3 Å². The summed E-state index contributed by atoms with van der Waals surface area (Å²) < 4.78 is 26.6. The second kappa shape index (κ2) is 4.47. The van der Waals surface area contributed by atoms with Crippen molar-refractivity contribution in [2.45, 2.75) is 12.8 Å². The first-order valence-electron chi connectivity index (χ1n) is 4.59. The molecule has 0 atom stereocenters. The Hall–Kier alpha value is -1.00. The third-order valence-corrected chi connectivity index (χ3v) is 3.51. The van der Waals surface area contributed by atoms with Crippen LogP contribution in [0.3, 0.4) is 0 Å². The molecule has 0 N–H and O–H groups in total. The molecule has 0 spiro atoms. The number of aryl methyl sites for hydroxylation is 1. The van der Waals surface area contributed by atoms with E-state index in [4.69, 9.17) is 11.6 Å². The van der Waals surface area contributed by atoms with Gasteiger partial charge in [0.2, 0.25) is 0 Å². The van der Waals surface area contributed by atoms with Gasteiger partial charge < -0.3 is 0 Å². The van der Waals surface area contributed by atoms with E-state index in [9.17, 15) is 8.78 Å². The summed E-state index contributed by atoms with van der Waals surface area (Å²) in [5.41, 5.74) is 0.606. The third-order valence-electron chi connectivity index (χ3n) is 2.11. The molecule has 0 aliphatic heterocycles. The van der Waals surface area contributed by atoms with E-state index in [1.807, 2.05) is 0 Å². The lowest BCUT2D eigenvalue weighted by Crippen LogP contribution is -1.89. The molecule has 0 aliphatic carbocycles. The van der Waals surface area contributed by atoms with Gasteiger partial charge in [0, 0.05) is 10.4 Å². The van der Waals surface area contributed by atoms with Crippen molar-refractivity contribution < 1.29 is 8.78 Å². The molecule has 1 aromatic carbocycles. The van der Waals surface area contributed by atoms with Crippen molar-refractivity contribution in [1.82, 2.24) is 4.98 Å². The maximum atomic E-state index is 13.5. The average Bonchev–Trinajstić information content (AvgIpc) is 2.63. The fourth-order valence-corrected chi connectivity index (χ4v) is 2.54. The number of nitrogens with zero attached hydrogens (tertiary/aromatic N) is 1. The molecule has 0 unspecified atom stereocenters. The molecule has 16 heavy (non-hydrogen) atoms. The molecule has 0 saturated carbocycles. The second-order valence-corrected chi connectivity index (χ2v) is 4.82. The van der Waals surface area contributed by atoms with E-state index in [0.29, 0.717) is 5.69 Å². The van der Waals surface area contributed by atoms with Crippen molar-refractivity contribution in [1.29, 1.82) is 0 Å². The number of thiazole rings is 1. The number of alkyl halides is 1. The summed E-state index contributed by atoms with van der Waals surface area (Å²) in [6.45, 7) is 1.81. The van der Waals surface area contributed by atoms with Crippen molar-refractivity contribution >= 4 is 22.9 Å². The second-order valence-electron chi connectivity index (χ2n) is 3.26. The van der Waals surface area contributed by atoms with E-state index >= 15 is 0 Å². The van der Waals surface area contributed by atoms with Crippen molar-refractivity contribution in [2.24, 2.45) is 0 Å². The normalized spacial score (nSPS) is 10.8. The highest BCUT2D eigenvalue weighted by Crippen LogP contribution is 2.31. The van der Waals surface area contributed by atoms with Crippen molar-refractivity contribution in [3.05, 3.63) is 39.7 Å². The van der Waals surface area contributed by atoms with Crippen LogP contribution >= 0.6 is 22.9 Å². The number of rotatable bonds is 2. The average molecular weight is 260 g/mol. The molecule has 1 nitrogen and oxygen atoms in total. The van der Waals surface area contributed by atoms with Gasteiger partial charge in [-0.15, -0.1) is 22.9 Å². The molecule has 5 heteroatoms.